The monoisotopic (exact) mass is 436 g/mol. The zero-order chi connectivity index (χ0) is 22.7. The van der Waals surface area contributed by atoms with Crippen molar-refractivity contribution < 1.29 is 23.1 Å². The first-order valence-electron chi connectivity index (χ1n) is 9.60. The molecule has 3 N–H and O–H groups in total. The third-order valence-electron chi connectivity index (χ3n) is 4.71. The lowest BCUT2D eigenvalue weighted by atomic mass is 10.2. The number of benzene rings is 3. The van der Waals surface area contributed by atoms with E-state index in [1.54, 1.807) is 42.5 Å². The number of anilines is 1. The Morgan fingerprint density at radius 1 is 1.03 bits per heavy atom. The minimum atomic E-state index is -0.605. The maximum absolute atomic E-state index is 14.0. The Kier molecular flexibility index (Phi) is 5.80. The maximum Gasteiger partial charge on any atom is 0.251 e. The van der Waals surface area contributed by atoms with Crippen molar-refractivity contribution in [3.63, 3.8) is 0 Å². The number of fused-ring (bicyclic) bond motifs is 1. The Labute approximate surface area is 181 Å². The molecule has 0 aliphatic carbocycles. The van der Waals surface area contributed by atoms with Crippen LogP contribution in [0, 0.1) is 11.6 Å². The zero-order valence-electron chi connectivity index (χ0n) is 16.9. The number of rotatable bonds is 6. The number of aromatic nitrogens is 2. The van der Waals surface area contributed by atoms with Gasteiger partial charge in [-0.3, -0.25) is 9.59 Å². The van der Waals surface area contributed by atoms with E-state index in [1.807, 2.05) is 0 Å². The Morgan fingerprint density at radius 2 is 1.81 bits per heavy atom. The van der Waals surface area contributed by atoms with Crippen molar-refractivity contribution in [1.29, 1.82) is 0 Å². The fourth-order valence-electron chi connectivity index (χ4n) is 3.10. The summed E-state index contributed by atoms with van der Waals surface area (Å²) in [7, 11) is 1.53. The number of hydrogen-bond acceptors (Lipinski definition) is 4. The normalized spacial score (nSPS) is 10.7. The molecule has 0 fully saturated rings. The first-order chi connectivity index (χ1) is 15.4. The van der Waals surface area contributed by atoms with E-state index in [4.69, 9.17) is 4.74 Å². The molecule has 9 heteroatoms. The molecule has 0 saturated heterocycles. The van der Waals surface area contributed by atoms with Crippen LogP contribution in [0.5, 0.6) is 5.75 Å². The first-order valence-corrected chi connectivity index (χ1v) is 9.60. The molecule has 0 aliphatic heterocycles. The Balaban J connectivity index is 1.41. The molecule has 0 radical (unpaired) electrons. The molecule has 4 rings (SSSR count). The quantitative estimate of drug-likeness (QED) is 0.427. The van der Waals surface area contributed by atoms with Crippen molar-refractivity contribution >= 4 is 28.5 Å². The van der Waals surface area contributed by atoms with Crippen LogP contribution < -0.4 is 15.4 Å². The van der Waals surface area contributed by atoms with Gasteiger partial charge < -0.3 is 20.4 Å². The van der Waals surface area contributed by atoms with Gasteiger partial charge in [0.25, 0.3) is 5.91 Å². The standard InChI is InChI=1S/C23H18F2N4O3/c1-32-16-6-2-13(3-7-16)23(31)26-12-21(30)27-15-5-9-19-20(11-15)29-22(28-19)17-10-14(24)4-8-18(17)25/h2-11H,12H2,1H3,(H,26,31)(H,27,30)(H,28,29). The SMILES string of the molecule is COc1ccc(C(=O)NCC(=O)Nc2ccc3nc(-c4cc(F)ccc4F)[nH]c3c2)cc1. The molecular formula is C23H18F2N4O3. The van der Waals surface area contributed by atoms with Crippen molar-refractivity contribution in [1.82, 2.24) is 15.3 Å². The highest BCUT2D eigenvalue weighted by Crippen LogP contribution is 2.25. The lowest BCUT2D eigenvalue weighted by molar-refractivity contribution is -0.115. The molecule has 162 valence electrons. The molecule has 2 amide bonds. The smallest absolute Gasteiger partial charge is 0.251 e. The topological polar surface area (TPSA) is 96.1 Å². The number of carbonyl (C=O) groups is 2. The summed E-state index contributed by atoms with van der Waals surface area (Å²) >= 11 is 0. The molecule has 0 saturated carbocycles. The van der Waals surface area contributed by atoms with E-state index in [9.17, 15) is 18.4 Å². The van der Waals surface area contributed by atoms with Crippen molar-refractivity contribution in [3.8, 4) is 17.1 Å². The average molecular weight is 436 g/mol. The number of imidazole rings is 1. The summed E-state index contributed by atoms with van der Waals surface area (Å²) in [6.07, 6.45) is 0. The van der Waals surface area contributed by atoms with Crippen LogP contribution in [0.25, 0.3) is 22.4 Å². The molecule has 0 aliphatic rings. The van der Waals surface area contributed by atoms with Crippen LogP contribution in [0.2, 0.25) is 0 Å². The summed E-state index contributed by atoms with van der Waals surface area (Å²) in [4.78, 5) is 31.6. The number of methoxy groups -OCH3 is 1. The molecule has 4 aromatic rings. The van der Waals surface area contributed by atoms with E-state index in [2.05, 4.69) is 20.6 Å². The van der Waals surface area contributed by atoms with Crippen LogP contribution in [0.3, 0.4) is 0 Å². The fraction of sp³-hybridized carbons (Fsp3) is 0.0870. The number of halogens is 2. The number of aromatic amines is 1. The summed E-state index contributed by atoms with van der Waals surface area (Å²) < 4.78 is 32.5. The second-order valence-electron chi connectivity index (χ2n) is 6.90. The third-order valence-corrected chi connectivity index (χ3v) is 4.71. The summed E-state index contributed by atoms with van der Waals surface area (Å²) in [5, 5.41) is 5.21. The van der Waals surface area contributed by atoms with Gasteiger partial charge in [0.05, 0.1) is 30.3 Å². The lowest BCUT2D eigenvalue weighted by Crippen LogP contribution is -2.32. The van der Waals surface area contributed by atoms with Gasteiger partial charge in [0.2, 0.25) is 5.91 Å². The second-order valence-corrected chi connectivity index (χ2v) is 6.90. The van der Waals surface area contributed by atoms with E-state index in [-0.39, 0.29) is 17.9 Å². The van der Waals surface area contributed by atoms with E-state index in [0.717, 1.165) is 18.2 Å². The molecule has 1 aromatic heterocycles. The molecule has 32 heavy (non-hydrogen) atoms. The van der Waals surface area contributed by atoms with E-state index in [0.29, 0.717) is 28.0 Å². The van der Waals surface area contributed by atoms with Gasteiger partial charge in [-0.15, -0.1) is 0 Å². The maximum atomic E-state index is 14.0. The molecule has 1 heterocycles. The van der Waals surface area contributed by atoms with Gasteiger partial charge in [0.1, 0.15) is 23.2 Å². The minimum absolute atomic E-state index is 0.00744. The Morgan fingerprint density at radius 3 is 2.56 bits per heavy atom. The van der Waals surface area contributed by atoms with Crippen LogP contribution in [-0.4, -0.2) is 35.4 Å². The first kappa shape index (κ1) is 21.0. The number of ether oxygens (including phenoxy) is 1. The Hall–Kier alpha value is -4.27. The van der Waals surface area contributed by atoms with Crippen LogP contribution in [0.1, 0.15) is 10.4 Å². The highest BCUT2D eigenvalue weighted by molar-refractivity contribution is 6.00. The third kappa shape index (κ3) is 4.56. The largest absolute Gasteiger partial charge is 0.497 e. The van der Waals surface area contributed by atoms with Crippen molar-refractivity contribution in [2.45, 2.75) is 0 Å². The molecular weight excluding hydrogens is 418 g/mol. The Bertz CT molecular complexity index is 1300. The van der Waals surface area contributed by atoms with Gasteiger partial charge in [-0.1, -0.05) is 0 Å². The van der Waals surface area contributed by atoms with Crippen molar-refractivity contribution in [2.75, 3.05) is 19.0 Å². The second kappa shape index (κ2) is 8.84. The van der Waals surface area contributed by atoms with Gasteiger partial charge in [-0.25, -0.2) is 13.8 Å². The van der Waals surface area contributed by atoms with Gasteiger partial charge in [-0.05, 0) is 60.7 Å². The summed E-state index contributed by atoms with van der Waals surface area (Å²) in [5.74, 6) is -1.21. The van der Waals surface area contributed by atoms with E-state index >= 15 is 0 Å². The number of amides is 2. The zero-order valence-corrected chi connectivity index (χ0v) is 16.9. The van der Waals surface area contributed by atoms with Gasteiger partial charge >= 0.3 is 0 Å². The molecule has 3 aromatic carbocycles. The lowest BCUT2D eigenvalue weighted by Gasteiger charge is -2.07. The molecule has 0 atom stereocenters. The molecule has 7 nitrogen and oxygen atoms in total. The van der Waals surface area contributed by atoms with Gasteiger partial charge in [0.15, 0.2) is 0 Å². The number of hydrogen-bond donors (Lipinski definition) is 3. The summed E-state index contributed by atoms with van der Waals surface area (Å²) in [6.45, 7) is -0.231. The summed E-state index contributed by atoms with van der Waals surface area (Å²) in [6, 6.07) is 14.5. The molecule has 0 unspecified atom stereocenters. The predicted octanol–water partition coefficient (Wildman–Crippen LogP) is 3.89. The number of H-pyrrole nitrogens is 1. The fourth-order valence-corrected chi connectivity index (χ4v) is 3.10. The number of nitrogens with zero attached hydrogens (tertiary/aromatic N) is 1. The van der Waals surface area contributed by atoms with Gasteiger partial charge in [0, 0.05) is 11.3 Å². The summed E-state index contributed by atoms with van der Waals surface area (Å²) in [5.41, 5.74) is 1.91. The van der Waals surface area contributed by atoms with Crippen LogP contribution in [-0.2, 0) is 4.79 Å². The highest BCUT2D eigenvalue weighted by Gasteiger charge is 2.13. The van der Waals surface area contributed by atoms with Crippen LogP contribution in [0.4, 0.5) is 14.5 Å². The predicted molar refractivity (Wildman–Crippen MR) is 115 cm³/mol. The van der Waals surface area contributed by atoms with Crippen molar-refractivity contribution in [2.24, 2.45) is 0 Å². The van der Waals surface area contributed by atoms with Gasteiger partial charge in [-0.2, -0.15) is 0 Å². The van der Waals surface area contributed by atoms with E-state index in [1.165, 1.54) is 7.11 Å². The number of carbonyl (C=O) groups excluding carboxylic acids is 2. The number of nitrogens with one attached hydrogen (secondary N) is 3. The van der Waals surface area contributed by atoms with Crippen LogP contribution >= 0.6 is 0 Å². The molecule has 0 bridgehead atoms. The molecule has 0 spiro atoms. The van der Waals surface area contributed by atoms with Crippen LogP contribution in [0.15, 0.2) is 60.7 Å². The highest BCUT2D eigenvalue weighted by atomic mass is 19.1. The minimum Gasteiger partial charge on any atom is -0.497 e. The van der Waals surface area contributed by atoms with E-state index < -0.39 is 23.4 Å². The average Bonchev–Trinajstić information content (AvgIpc) is 3.22. The van der Waals surface area contributed by atoms with Crippen molar-refractivity contribution in [3.05, 3.63) is 77.9 Å².